The largest absolute Gasteiger partial charge is 0.416 e. The van der Waals surface area contributed by atoms with E-state index in [2.05, 4.69) is 4.72 Å². The van der Waals surface area contributed by atoms with Gasteiger partial charge in [-0.05, 0) is 43.9 Å². The van der Waals surface area contributed by atoms with Crippen LogP contribution in [-0.4, -0.2) is 45.5 Å². The molecule has 0 aliphatic carbocycles. The third-order valence-electron chi connectivity index (χ3n) is 4.84. The van der Waals surface area contributed by atoms with Crippen LogP contribution in [0, 0.1) is 0 Å². The number of nitrogens with zero attached hydrogens (tertiary/aromatic N) is 1. The summed E-state index contributed by atoms with van der Waals surface area (Å²) in [6.07, 6.45) is -1.58. The molecule has 2 aliphatic heterocycles. The molecule has 0 spiro atoms. The van der Waals surface area contributed by atoms with E-state index in [9.17, 15) is 30.0 Å². The van der Waals surface area contributed by atoms with Crippen LogP contribution in [0.5, 0.6) is 0 Å². The van der Waals surface area contributed by atoms with Crippen molar-refractivity contribution in [1.82, 2.24) is 9.03 Å². The van der Waals surface area contributed by atoms with Gasteiger partial charge in [0.1, 0.15) is 0 Å². The van der Waals surface area contributed by atoms with E-state index in [1.54, 1.807) is 0 Å². The summed E-state index contributed by atoms with van der Waals surface area (Å²) in [5, 5.41) is 0. The minimum atomic E-state index is -4.63. The molecule has 2 atom stereocenters. The second kappa shape index (κ2) is 6.47. The minimum Gasteiger partial charge on any atom is -0.212 e. The van der Waals surface area contributed by atoms with E-state index in [0.717, 1.165) is 24.5 Å². The van der Waals surface area contributed by atoms with Crippen LogP contribution in [0.25, 0.3) is 0 Å². The van der Waals surface area contributed by atoms with Crippen LogP contribution in [0.4, 0.5) is 13.2 Å². The average molecular weight is 412 g/mol. The Labute approximate surface area is 150 Å². The Morgan fingerprint density at radius 1 is 1.08 bits per heavy atom. The molecule has 1 N–H and O–H groups in total. The zero-order chi connectivity index (χ0) is 19.3. The lowest BCUT2D eigenvalue weighted by Gasteiger charge is -2.37. The van der Waals surface area contributed by atoms with Gasteiger partial charge in [0.05, 0.1) is 16.7 Å². The number of benzene rings is 1. The van der Waals surface area contributed by atoms with Gasteiger partial charge in [-0.3, -0.25) is 0 Å². The first-order valence-corrected chi connectivity index (χ1v) is 11.4. The van der Waals surface area contributed by atoms with Gasteiger partial charge in [0.15, 0.2) is 0 Å². The Bertz CT molecular complexity index is 886. The van der Waals surface area contributed by atoms with E-state index >= 15 is 0 Å². The van der Waals surface area contributed by atoms with E-state index in [1.165, 1.54) is 4.31 Å². The molecule has 146 valence electrons. The van der Waals surface area contributed by atoms with Crippen LogP contribution >= 0.6 is 0 Å². The zero-order valence-corrected chi connectivity index (χ0v) is 15.5. The Balaban J connectivity index is 1.78. The van der Waals surface area contributed by atoms with Gasteiger partial charge in [0.2, 0.25) is 20.0 Å². The number of hydrogen-bond donors (Lipinski definition) is 1. The summed E-state index contributed by atoms with van der Waals surface area (Å²) < 4.78 is 91.0. The van der Waals surface area contributed by atoms with E-state index < -0.39 is 42.7 Å². The molecule has 26 heavy (non-hydrogen) atoms. The molecule has 3 rings (SSSR count). The first-order chi connectivity index (χ1) is 11.9. The highest BCUT2D eigenvalue weighted by Gasteiger charge is 2.46. The number of fused-ring (bicyclic) bond motifs is 2. The maximum atomic E-state index is 12.8. The summed E-state index contributed by atoms with van der Waals surface area (Å²) in [4.78, 5) is -0.454. The number of rotatable bonds is 4. The van der Waals surface area contributed by atoms with Gasteiger partial charge in [-0.15, -0.1) is 0 Å². The van der Waals surface area contributed by atoms with Crippen molar-refractivity contribution in [3.8, 4) is 0 Å². The van der Waals surface area contributed by atoms with E-state index in [-0.39, 0.29) is 12.1 Å². The molecular formula is C15H19F3N2O4S2. The third-order valence-corrected chi connectivity index (χ3v) is 7.72. The SMILES string of the molecule is CS(=O)(=O)N1C2CCC1CC(NS(=O)(=O)c1cccc(C(F)(F)F)c1)C2. The lowest BCUT2D eigenvalue weighted by molar-refractivity contribution is -0.137. The lowest BCUT2D eigenvalue weighted by atomic mass is 10.0. The Morgan fingerprint density at radius 3 is 2.15 bits per heavy atom. The van der Waals surface area contributed by atoms with Gasteiger partial charge < -0.3 is 0 Å². The van der Waals surface area contributed by atoms with Crippen LogP contribution in [0.15, 0.2) is 29.2 Å². The molecule has 2 unspecified atom stereocenters. The Morgan fingerprint density at radius 2 is 1.65 bits per heavy atom. The van der Waals surface area contributed by atoms with E-state index in [0.29, 0.717) is 31.7 Å². The van der Waals surface area contributed by atoms with Gasteiger partial charge >= 0.3 is 6.18 Å². The maximum absolute atomic E-state index is 12.8. The average Bonchev–Trinajstić information content (AvgIpc) is 2.79. The molecule has 2 fully saturated rings. The van der Waals surface area contributed by atoms with Crippen molar-refractivity contribution < 1.29 is 30.0 Å². The van der Waals surface area contributed by atoms with Crippen LogP contribution < -0.4 is 4.72 Å². The second-order valence-corrected chi connectivity index (χ2v) is 10.4. The van der Waals surface area contributed by atoms with E-state index in [1.807, 2.05) is 0 Å². The summed E-state index contributed by atoms with van der Waals surface area (Å²) in [7, 11) is -7.50. The predicted octanol–water partition coefficient (Wildman–Crippen LogP) is 1.94. The molecule has 2 aliphatic rings. The van der Waals surface area contributed by atoms with Crippen molar-refractivity contribution in [2.75, 3.05) is 6.26 Å². The highest BCUT2D eigenvalue weighted by atomic mass is 32.2. The number of halogens is 3. The van der Waals surface area contributed by atoms with Crippen molar-refractivity contribution in [2.24, 2.45) is 0 Å². The molecule has 0 aromatic heterocycles. The summed E-state index contributed by atoms with van der Waals surface area (Å²) >= 11 is 0. The first-order valence-electron chi connectivity index (χ1n) is 8.06. The molecular weight excluding hydrogens is 393 g/mol. The molecule has 6 nitrogen and oxygen atoms in total. The quantitative estimate of drug-likeness (QED) is 0.819. The number of alkyl halides is 3. The second-order valence-electron chi connectivity index (χ2n) is 6.79. The van der Waals surface area contributed by atoms with Crippen molar-refractivity contribution >= 4 is 20.0 Å². The van der Waals surface area contributed by atoms with Crippen LogP contribution in [0.1, 0.15) is 31.2 Å². The molecule has 0 radical (unpaired) electrons. The number of sulfonamides is 2. The summed E-state index contributed by atoms with van der Waals surface area (Å²) in [6, 6.07) is 2.50. The first kappa shape index (κ1) is 19.6. The van der Waals surface area contributed by atoms with Crippen LogP contribution in [0.3, 0.4) is 0 Å². The molecule has 0 saturated carbocycles. The molecule has 2 saturated heterocycles. The number of piperidine rings is 1. The standard InChI is InChI=1S/C15H19F3N2O4S2/c1-25(21,22)20-12-5-6-13(20)9-11(8-12)19-26(23,24)14-4-2-3-10(7-14)15(16,17)18/h2-4,7,11-13,19H,5-6,8-9H2,1H3. The van der Waals surface area contributed by atoms with Gasteiger partial charge in [-0.1, -0.05) is 6.07 Å². The lowest BCUT2D eigenvalue weighted by Crippen LogP contribution is -2.52. The minimum absolute atomic E-state index is 0.280. The topological polar surface area (TPSA) is 83.6 Å². The fourth-order valence-corrected chi connectivity index (χ4v) is 6.67. The molecule has 11 heteroatoms. The third kappa shape index (κ3) is 3.90. The Hall–Kier alpha value is -1.17. The fourth-order valence-electron chi connectivity index (χ4n) is 3.90. The molecule has 2 bridgehead atoms. The monoisotopic (exact) mass is 412 g/mol. The van der Waals surface area contributed by atoms with Gasteiger partial charge in [-0.25, -0.2) is 21.6 Å². The normalized spacial score (nSPS) is 27.6. The van der Waals surface area contributed by atoms with Crippen molar-refractivity contribution in [3.63, 3.8) is 0 Å². The summed E-state index contributed by atoms with van der Waals surface area (Å²) in [5.41, 5.74) is -1.03. The maximum Gasteiger partial charge on any atom is 0.416 e. The number of hydrogen-bond acceptors (Lipinski definition) is 4. The van der Waals surface area contributed by atoms with Crippen LogP contribution in [-0.2, 0) is 26.2 Å². The Kier molecular flexibility index (Phi) is 4.87. The zero-order valence-electron chi connectivity index (χ0n) is 13.9. The summed E-state index contributed by atoms with van der Waals surface area (Å²) in [6.45, 7) is 0. The van der Waals surface area contributed by atoms with Crippen LogP contribution in [0.2, 0.25) is 0 Å². The van der Waals surface area contributed by atoms with Crippen molar-refractivity contribution in [2.45, 2.75) is 54.9 Å². The highest BCUT2D eigenvalue weighted by Crippen LogP contribution is 2.38. The number of nitrogens with one attached hydrogen (secondary N) is 1. The molecule has 1 aromatic carbocycles. The van der Waals surface area contributed by atoms with Gasteiger partial charge in [-0.2, -0.15) is 17.5 Å². The van der Waals surface area contributed by atoms with Gasteiger partial charge in [0.25, 0.3) is 0 Å². The smallest absolute Gasteiger partial charge is 0.212 e. The fraction of sp³-hybridized carbons (Fsp3) is 0.600. The predicted molar refractivity (Wildman–Crippen MR) is 88.3 cm³/mol. The van der Waals surface area contributed by atoms with Gasteiger partial charge in [0, 0.05) is 18.1 Å². The van der Waals surface area contributed by atoms with E-state index in [4.69, 9.17) is 0 Å². The molecule has 1 aromatic rings. The summed E-state index contributed by atoms with van der Waals surface area (Å²) in [5.74, 6) is 0. The molecule has 0 amide bonds. The van der Waals surface area contributed by atoms with Crippen molar-refractivity contribution in [1.29, 1.82) is 0 Å². The highest BCUT2D eigenvalue weighted by molar-refractivity contribution is 7.89. The molecule has 2 heterocycles. The van der Waals surface area contributed by atoms with Crippen molar-refractivity contribution in [3.05, 3.63) is 29.8 Å².